The second-order valence-electron chi connectivity index (χ2n) is 2.67. The molecule has 1 aromatic rings. The maximum atomic E-state index is 12.5. The first-order chi connectivity index (χ1) is 6.34. The third-order valence-corrected chi connectivity index (χ3v) is 2.57. The minimum absolute atomic E-state index is 0. The Bertz CT molecular complexity index is 326. The number of rotatable bonds is 1. The zero-order chi connectivity index (χ0) is 9.10. The van der Waals surface area contributed by atoms with Crippen LogP contribution in [0.25, 0.3) is 0 Å². The molecule has 0 unspecified atom stereocenters. The summed E-state index contributed by atoms with van der Waals surface area (Å²) in [6.45, 7) is 0.869. The second kappa shape index (κ2) is 5.22. The molecule has 0 atom stereocenters. The topological polar surface area (TPSA) is 24.4 Å². The average molecular weight is 233 g/mol. The summed E-state index contributed by atoms with van der Waals surface area (Å²) in [5.41, 5.74) is 0.884. The smallest absolute Gasteiger partial charge is 0.161 e. The number of hydrogen-bond donors (Lipinski definition) is 1. The van der Waals surface area contributed by atoms with E-state index in [2.05, 4.69) is 10.3 Å². The summed E-state index contributed by atoms with van der Waals surface area (Å²) >= 11 is 1.69. The first-order valence-electron chi connectivity index (χ1n) is 4.04. The molecule has 1 aromatic carbocycles. The molecule has 0 amide bonds. The fourth-order valence-electron chi connectivity index (χ4n) is 1.07. The largest absolute Gasteiger partial charge is 0.335 e. The first-order valence-corrected chi connectivity index (χ1v) is 5.03. The first kappa shape index (κ1) is 11.3. The lowest BCUT2D eigenvalue weighted by molar-refractivity contribution is 0.628. The zero-order valence-corrected chi connectivity index (χ0v) is 9.00. The standard InChI is InChI=1S/C9H9FN2S.ClH/c10-7-1-3-8(4-2-7)12-9-11-5-6-13-9;/h1-4H,5-6H2,(H,11,12);1H. The molecular formula is C9H10ClFN2S. The van der Waals surface area contributed by atoms with E-state index in [-0.39, 0.29) is 18.2 Å². The van der Waals surface area contributed by atoms with Gasteiger partial charge in [-0.05, 0) is 24.3 Å². The van der Waals surface area contributed by atoms with E-state index in [0.29, 0.717) is 0 Å². The van der Waals surface area contributed by atoms with Crippen LogP contribution in [0.15, 0.2) is 29.3 Å². The van der Waals surface area contributed by atoms with Crippen LogP contribution < -0.4 is 5.32 Å². The molecule has 76 valence electrons. The van der Waals surface area contributed by atoms with Gasteiger partial charge in [0.05, 0.1) is 6.54 Å². The molecule has 0 aliphatic carbocycles. The van der Waals surface area contributed by atoms with E-state index in [9.17, 15) is 4.39 Å². The summed E-state index contributed by atoms with van der Waals surface area (Å²) in [6, 6.07) is 6.28. The predicted molar refractivity (Wildman–Crippen MR) is 62.0 cm³/mol. The molecule has 1 aliphatic rings. The highest BCUT2D eigenvalue weighted by molar-refractivity contribution is 8.14. The molecule has 1 aliphatic heterocycles. The molecule has 1 heterocycles. The molecule has 0 spiro atoms. The number of halogens is 2. The molecule has 14 heavy (non-hydrogen) atoms. The van der Waals surface area contributed by atoms with Crippen LogP contribution in [0.4, 0.5) is 10.1 Å². The number of aliphatic imine (C=N–C) groups is 1. The SMILES string of the molecule is Cl.Fc1ccc(NC2=NCCS2)cc1. The van der Waals surface area contributed by atoms with E-state index >= 15 is 0 Å². The summed E-state index contributed by atoms with van der Waals surface area (Å²) in [5.74, 6) is 0.815. The Hall–Kier alpha value is -0.740. The lowest BCUT2D eigenvalue weighted by Gasteiger charge is -2.03. The summed E-state index contributed by atoms with van der Waals surface area (Å²) in [6.07, 6.45) is 0. The van der Waals surface area contributed by atoms with Crippen LogP contribution in [0.3, 0.4) is 0 Å². The molecule has 0 aromatic heterocycles. The van der Waals surface area contributed by atoms with Crippen molar-refractivity contribution in [2.75, 3.05) is 17.6 Å². The van der Waals surface area contributed by atoms with Crippen molar-refractivity contribution in [3.63, 3.8) is 0 Å². The normalized spacial score (nSPS) is 14.5. The van der Waals surface area contributed by atoms with Gasteiger partial charge in [0.1, 0.15) is 5.82 Å². The van der Waals surface area contributed by atoms with Crippen LogP contribution >= 0.6 is 24.2 Å². The fourth-order valence-corrected chi connectivity index (χ4v) is 1.82. The van der Waals surface area contributed by atoms with Gasteiger partial charge >= 0.3 is 0 Å². The molecule has 0 bridgehead atoms. The van der Waals surface area contributed by atoms with E-state index < -0.39 is 0 Å². The van der Waals surface area contributed by atoms with Gasteiger partial charge in [0.15, 0.2) is 5.17 Å². The van der Waals surface area contributed by atoms with Crippen LogP contribution in [0, 0.1) is 5.82 Å². The van der Waals surface area contributed by atoms with Crippen molar-refractivity contribution < 1.29 is 4.39 Å². The van der Waals surface area contributed by atoms with Gasteiger partial charge in [-0.15, -0.1) is 12.4 Å². The van der Waals surface area contributed by atoms with Crippen molar-refractivity contribution in [3.05, 3.63) is 30.1 Å². The van der Waals surface area contributed by atoms with Crippen molar-refractivity contribution in [2.24, 2.45) is 4.99 Å². The Morgan fingerprint density at radius 1 is 1.29 bits per heavy atom. The molecule has 0 saturated heterocycles. The van der Waals surface area contributed by atoms with Crippen molar-refractivity contribution in [1.82, 2.24) is 0 Å². The van der Waals surface area contributed by atoms with Crippen molar-refractivity contribution in [2.45, 2.75) is 0 Å². The highest BCUT2D eigenvalue weighted by Crippen LogP contribution is 2.15. The molecule has 5 heteroatoms. The minimum Gasteiger partial charge on any atom is -0.335 e. The Morgan fingerprint density at radius 2 is 2.00 bits per heavy atom. The van der Waals surface area contributed by atoms with Gasteiger partial charge in [-0.25, -0.2) is 4.39 Å². The predicted octanol–water partition coefficient (Wildman–Crippen LogP) is 2.76. The van der Waals surface area contributed by atoms with Gasteiger partial charge in [0.2, 0.25) is 0 Å². The number of amidine groups is 1. The van der Waals surface area contributed by atoms with Gasteiger partial charge in [-0.3, -0.25) is 4.99 Å². The molecule has 2 rings (SSSR count). The van der Waals surface area contributed by atoms with E-state index in [1.807, 2.05) is 0 Å². The Kier molecular flexibility index (Phi) is 4.22. The summed E-state index contributed by atoms with van der Waals surface area (Å²) in [4.78, 5) is 4.23. The number of benzene rings is 1. The van der Waals surface area contributed by atoms with Crippen LogP contribution in [0.2, 0.25) is 0 Å². The zero-order valence-electron chi connectivity index (χ0n) is 7.37. The molecule has 1 N–H and O–H groups in total. The fraction of sp³-hybridized carbons (Fsp3) is 0.222. The van der Waals surface area contributed by atoms with E-state index in [1.165, 1.54) is 12.1 Å². The number of anilines is 1. The second-order valence-corrected chi connectivity index (χ2v) is 3.75. The molecule has 0 saturated carbocycles. The van der Waals surface area contributed by atoms with Gasteiger partial charge in [0, 0.05) is 11.4 Å². The van der Waals surface area contributed by atoms with Crippen LogP contribution in [-0.4, -0.2) is 17.5 Å². The van der Waals surface area contributed by atoms with E-state index in [4.69, 9.17) is 0 Å². The lowest BCUT2D eigenvalue weighted by Crippen LogP contribution is -2.04. The number of nitrogens with one attached hydrogen (secondary N) is 1. The Labute approximate surface area is 92.4 Å². The number of hydrogen-bond acceptors (Lipinski definition) is 3. The van der Waals surface area contributed by atoms with Crippen molar-refractivity contribution in [3.8, 4) is 0 Å². The maximum absolute atomic E-state index is 12.5. The van der Waals surface area contributed by atoms with Gasteiger partial charge in [-0.1, -0.05) is 11.8 Å². The quantitative estimate of drug-likeness (QED) is 0.805. The highest BCUT2D eigenvalue weighted by atomic mass is 35.5. The number of thioether (sulfide) groups is 1. The van der Waals surface area contributed by atoms with E-state index in [0.717, 1.165) is 23.2 Å². The molecule has 2 nitrogen and oxygen atoms in total. The summed E-state index contributed by atoms with van der Waals surface area (Å²) < 4.78 is 12.5. The van der Waals surface area contributed by atoms with Crippen molar-refractivity contribution in [1.29, 1.82) is 0 Å². The average Bonchev–Trinajstić information content (AvgIpc) is 2.62. The number of nitrogens with zero attached hydrogens (tertiary/aromatic N) is 1. The third-order valence-electron chi connectivity index (χ3n) is 1.68. The van der Waals surface area contributed by atoms with Gasteiger partial charge in [-0.2, -0.15) is 0 Å². The van der Waals surface area contributed by atoms with Gasteiger partial charge < -0.3 is 5.32 Å². The minimum atomic E-state index is -0.216. The van der Waals surface area contributed by atoms with Crippen LogP contribution in [-0.2, 0) is 0 Å². The monoisotopic (exact) mass is 232 g/mol. The highest BCUT2D eigenvalue weighted by Gasteiger charge is 2.06. The summed E-state index contributed by atoms with van der Waals surface area (Å²) in [7, 11) is 0. The van der Waals surface area contributed by atoms with Gasteiger partial charge in [0.25, 0.3) is 0 Å². The van der Waals surface area contributed by atoms with E-state index in [1.54, 1.807) is 23.9 Å². The molecular weight excluding hydrogens is 223 g/mol. The molecule has 0 radical (unpaired) electrons. The third kappa shape index (κ3) is 2.89. The summed E-state index contributed by atoms with van der Waals surface area (Å²) in [5, 5.41) is 4.04. The Morgan fingerprint density at radius 3 is 2.57 bits per heavy atom. The Balaban J connectivity index is 0.000000980. The lowest BCUT2D eigenvalue weighted by atomic mass is 10.3. The van der Waals surface area contributed by atoms with Crippen LogP contribution in [0.5, 0.6) is 0 Å². The maximum Gasteiger partial charge on any atom is 0.161 e. The van der Waals surface area contributed by atoms with Crippen LogP contribution in [0.1, 0.15) is 0 Å². The molecule has 0 fully saturated rings. The van der Waals surface area contributed by atoms with Crippen molar-refractivity contribution >= 4 is 35.0 Å².